The van der Waals surface area contributed by atoms with Crippen LogP contribution in [0.1, 0.15) is 155 Å². The Kier molecular flexibility index (Phi) is 37.1. The molecule has 0 aromatic rings. The first-order chi connectivity index (χ1) is 29.8. The van der Waals surface area contributed by atoms with Crippen LogP contribution in [0.15, 0.2) is 97.2 Å². The van der Waals surface area contributed by atoms with E-state index < -0.39 is 55.4 Å². The summed E-state index contributed by atoms with van der Waals surface area (Å²) in [5.41, 5.74) is 0. The maximum atomic E-state index is 12.8. The molecule has 0 aromatic carbocycles. The maximum Gasteiger partial charge on any atom is 0.306 e. The third-order valence-corrected chi connectivity index (χ3v) is 9.92. The van der Waals surface area contributed by atoms with E-state index in [0.717, 1.165) is 83.5 Å². The highest BCUT2D eigenvalue weighted by Gasteiger charge is 2.44. The molecule has 0 radical (unpaired) electrons. The molecule has 1 saturated heterocycles. The van der Waals surface area contributed by atoms with Gasteiger partial charge in [0, 0.05) is 12.8 Å². The van der Waals surface area contributed by atoms with Crippen molar-refractivity contribution in [3.63, 3.8) is 0 Å². The Morgan fingerprint density at radius 3 is 1.41 bits per heavy atom. The van der Waals surface area contributed by atoms with Crippen molar-refractivity contribution in [2.24, 2.45) is 0 Å². The number of hydrogen-bond acceptors (Lipinski definition) is 10. The molecule has 0 saturated carbocycles. The van der Waals surface area contributed by atoms with Gasteiger partial charge in [-0.05, 0) is 96.3 Å². The van der Waals surface area contributed by atoms with Gasteiger partial charge in [0.2, 0.25) is 0 Å². The van der Waals surface area contributed by atoms with Crippen molar-refractivity contribution in [2.45, 2.75) is 192 Å². The van der Waals surface area contributed by atoms with Gasteiger partial charge in [-0.25, -0.2) is 0 Å². The number of aliphatic hydroxyl groups is 4. The summed E-state index contributed by atoms with van der Waals surface area (Å²) in [6, 6.07) is 0. The molecule has 4 N–H and O–H groups in total. The summed E-state index contributed by atoms with van der Waals surface area (Å²) in [5.74, 6) is -0.889. The summed E-state index contributed by atoms with van der Waals surface area (Å²) in [5, 5.41) is 40.1. The highest BCUT2D eigenvalue weighted by atomic mass is 16.7. The van der Waals surface area contributed by atoms with Crippen LogP contribution >= 0.6 is 0 Å². The van der Waals surface area contributed by atoms with E-state index in [0.29, 0.717) is 12.8 Å². The molecule has 0 aromatic heterocycles. The van der Waals surface area contributed by atoms with E-state index in [1.807, 2.05) is 0 Å². The molecular formula is C51H82O10. The Bertz CT molecular complexity index is 1310. The van der Waals surface area contributed by atoms with Crippen molar-refractivity contribution in [3.05, 3.63) is 97.2 Å². The zero-order valence-electron chi connectivity index (χ0n) is 37.6. The fraction of sp³-hybridized carbons (Fsp3) is 0.647. The predicted molar refractivity (Wildman–Crippen MR) is 247 cm³/mol. The molecule has 10 nitrogen and oxygen atoms in total. The van der Waals surface area contributed by atoms with E-state index in [1.165, 1.54) is 32.1 Å². The first-order valence-electron chi connectivity index (χ1n) is 23.3. The molecule has 61 heavy (non-hydrogen) atoms. The fourth-order valence-electron chi connectivity index (χ4n) is 6.22. The van der Waals surface area contributed by atoms with Crippen molar-refractivity contribution >= 4 is 11.9 Å². The zero-order valence-corrected chi connectivity index (χ0v) is 37.6. The highest BCUT2D eigenvalue weighted by molar-refractivity contribution is 5.70. The topological polar surface area (TPSA) is 152 Å². The largest absolute Gasteiger partial charge is 0.462 e. The second kappa shape index (κ2) is 40.7. The van der Waals surface area contributed by atoms with Crippen LogP contribution in [0.5, 0.6) is 0 Å². The van der Waals surface area contributed by atoms with Crippen LogP contribution in [0.3, 0.4) is 0 Å². The molecule has 2 unspecified atom stereocenters. The van der Waals surface area contributed by atoms with E-state index in [-0.39, 0.29) is 26.1 Å². The quantitative estimate of drug-likeness (QED) is 0.0270. The van der Waals surface area contributed by atoms with E-state index in [4.69, 9.17) is 18.9 Å². The zero-order chi connectivity index (χ0) is 44.4. The molecule has 0 spiro atoms. The molecule has 10 heteroatoms. The minimum absolute atomic E-state index is 0.179. The van der Waals surface area contributed by atoms with Crippen LogP contribution in [0, 0.1) is 0 Å². The number of rotatable bonds is 37. The van der Waals surface area contributed by atoms with Crippen molar-refractivity contribution in [1.82, 2.24) is 0 Å². The molecule has 1 heterocycles. The van der Waals surface area contributed by atoms with Gasteiger partial charge >= 0.3 is 11.9 Å². The van der Waals surface area contributed by atoms with E-state index in [1.54, 1.807) is 0 Å². The highest BCUT2D eigenvalue weighted by Crippen LogP contribution is 2.22. The average molecular weight is 855 g/mol. The lowest BCUT2D eigenvalue weighted by Crippen LogP contribution is -2.59. The number of allylic oxidation sites excluding steroid dienone is 16. The number of ether oxygens (including phenoxy) is 4. The summed E-state index contributed by atoms with van der Waals surface area (Å²) in [4.78, 5) is 25.4. The second-order valence-electron chi connectivity index (χ2n) is 15.5. The van der Waals surface area contributed by atoms with E-state index in [9.17, 15) is 30.0 Å². The lowest BCUT2D eigenvalue weighted by molar-refractivity contribution is -0.305. The van der Waals surface area contributed by atoms with Gasteiger partial charge in [-0.3, -0.25) is 9.59 Å². The van der Waals surface area contributed by atoms with E-state index >= 15 is 0 Å². The Labute approximate surface area is 368 Å². The lowest BCUT2D eigenvalue weighted by Gasteiger charge is -2.39. The second-order valence-corrected chi connectivity index (χ2v) is 15.5. The Morgan fingerprint density at radius 2 is 0.951 bits per heavy atom. The van der Waals surface area contributed by atoms with Gasteiger partial charge in [0.25, 0.3) is 0 Å². The molecule has 346 valence electrons. The minimum atomic E-state index is -1.61. The third kappa shape index (κ3) is 32.0. The first-order valence-corrected chi connectivity index (χ1v) is 23.3. The standard InChI is InChI=1S/C51H82O10/c1-3-5-7-9-11-13-15-17-19-21-22-24-26-28-30-32-34-36-38-40-47(54)60-44(43-59-51-50(57)49(56)48(55)45(41-52)61-51)42-58-46(53)39-37-35-33-31-29-27-25-23-20-18-16-14-12-10-8-6-4-2/h8,10-11,13-14,16-17,19-20,22-24,27-30,44-45,48-52,55-57H,3-7,9,12,15,18,21,25-26,31-43H2,1-2H3/b10-8+,13-11+,16-14+,19-17+,23-20+,24-22+,29-27+,30-28+/t44-,45-,48+,49?,50?,51-/m1/s1. The summed E-state index contributed by atoms with van der Waals surface area (Å²) in [7, 11) is 0. The Morgan fingerprint density at radius 1 is 0.508 bits per heavy atom. The van der Waals surface area contributed by atoms with Gasteiger partial charge < -0.3 is 39.4 Å². The molecule has 0 amide bonds. The smallest absolute Gasteiger partial charge is 0.306 e. The Hall–Kier alpha value is -3.38. The van der Waals surface area contributed by atoms with Crippen molar-refractivity contribution < 1.29 is 49.0 Å². The lowest BCUT2D eigenvalue weighted by atomic mass is 9.99. The van der Waals surface area contributed by atoms with Crippen LogP contribution in [0.4, 0.5) is 0 Å². The van der Waals surface area contributed by atoms with Crippen LogP contribution in [-0.4, -0.2) is 89.0 Å². The number of unbranched alkanes of at least 4 members (excludes halogenated alkanes) is 10. The number of hydrogen-bond donors (Lipinski definition) is 4. The molecule has 0 aliphatic carbocycles. The van der Waals surface area contributed by atoms with Gasteiger partial charge in [0.05, 0.1) is 13.2 Å². The molecule has 6 atom stereocenters. The van der Waals surface area contributed by atoms with Crippen molar-refractivity contribution in [3.8, 4) is 0 Å². The minimum Gasteiger partial charge on any atom is -0.462 e. The van der Waals surface area contributed by atoms with Crippen LogP contribution < -0.4 is 0 Å². The van der Waals surface area contributed by atoms with Crippen molar-refractivity contribution in [2.75, 3.05) is 19.8 Å². The number of esters is 2. The summed E-state index contributed by atoms with van der Waals surface area (Å²) < 4.78 is 22.1. The monoisotopic (exact) mass is 855 g/mol. The van der Waals surface area contributed by atoms with Gasteiger partial charge in [-0.1, -0.05) is 143 Å². The number of aliphatic hydroxyl groups excluding tert-OH is 4. The van der Waals surface area contributed by atoms with Gasteiger partial charge in [0.15, 0.2) is 12.4 Å². The fourth-order valence-corrected chi connectivity index (χ4v) is 6.22. The maximum absolute atomic E-state index is 12.8. The molecule has 1 aliphatic heterocycles. The summed E-state index contributed by atoms with van der Waals surface area (Å²) >= 11 is 0. The van der Waals surface area contributed by atoms with Gasteiger partial charge in [-0.15, -0.1) is 0 Å². The number of carbonyl (C=O) groups is 2. The van der Waals surface area contributed by atoms with Crippen LogP contribution in [0.25, 0.3) is 0 Å². The predicted octanol–water partition coefficient (Wildman–Crippen LogP) is 10.3. The molecular weight excluding hydrogens is 773 g/mol. The molecule has 1 fully saturated rings. The Balaban J connectivity index is 2.39. The summed E-state index contributed by atoms with van der Waals surface area (Å²) in [6.07, 6.45) is 46.9. The van der Waals surface area contributed by atoms with Crippen LogP contribution in [0.2, 0.25) is 0 Å². The van der Waals surface area contributed by atoms with E-state index in [2.05, 4.69) is 111 Å². The normalized spacial score (nSPS) is 20.7. The molecule has 1 rings (SSSR count). The van der Waals surface area contributed by atoms with Gasteiger partial charge in [0.1, 0.15) is 31.0 Å². The number of carbonyl (C=O) groups excluding carboxylic acids is 2. The first kappa shape index (κ1) is 55.6. The van der Waals surface area contributed by atoms with Gasteiger partial charge in [-0.2, -0.15) is 0 Å². The summed E-state index contributed by atoms with van der Waals surface area (Å²) in [6.45, 7) is 3.24. The molecule has 1 aliphatic rings. The molecule has 0 bridgehead atoms. The third-order valence-electron chi connectivity index (χ3n) is 9.92. The SMILES string of the molecule is CCC/C=C/C/C=C/C/C=C/C/C=C/CCCCCC(=O)OC[C@H](CO[C@@H]1O[C@H](CO)[C@H](O)C(O)C1O)OC(=O)CCCCC/C=C/C/C=C/C/C=C/C/C=C/CCCCC. The van der Waals surface area contributed by atoms with Crippen molar-refractivity contribution in [1.29, 1.82) is 0 Å². The average Bonchev–Trinajstić information content (AvgIpc) is 3.26. The van der Waals surface area contributed by atoms with Crippen LogP contribution in [-0.2, 0) is 28.5 Å².